The molecule has 2 amide bonds. The zero-order valence-electron chi connectivity index (χ0n) is 11.2. The van der Waals surface area contributed by atoms with Crippen molar-refractivity contribution in [2.45, 2.75) is 32.2 Å². The maximum absolute atomic E-state index is 11.4. The van der Waals surface area contributed by atoms with E-state index in [0.29, 0.717) is 12.5 Å². The zero-order valence-corrected chi connectivity index (χ0v) is 11.2. The van der Waals surface area contributed by atoms with Crippen LogP contribution in [0.1, 0.15) is 31.7 Å². The molecular formula is C14H20N2O3. The fraction of sp³-hybridized carbons (Fsp3) is 0.429. The molecule has 1 aromatic carbocycles. The van der Waals surface area contributed by atoms with E-state index in [-0.39, 0.29) is 0 Å². The summed E-state index contributed by atoms with van der Waals surface area (Å²) in [4.78, 5) is 21.9. The van der Waals surface area contributed by atoms with Crippen LogP contribution in [0.15, 0.2) is 30.3 Å². The lowest BCUT2D eigenvalue weighted by Crippen LogP contribution is -2.44. The number of hydrogen-bond donors (Lipinski definition) is 3. The van der Waals surface area contributed by atoms with Gasteiger partial charge in [0.05, 0.1) is 0 Å². The van der Waals surface area contributed by atoms with Crippen LogP contribution in [0.3, 0.4) is 0 Å². The van der Waals surface area contributed by atoms with Crippen LogP contribution in [0.25, 0.3) is 0 Å². The highest BCUT2D eigenvalue weighted by Crippen LogP contribution is 2.17. The summed E-state index contributed by atoms with van der Waals surface area (Å²) in [5.74, 6) is -0.703. The van der Waals surface area contributed by atoms with Gasteiger partial charge in [-0.2, -0.15) is 0 Å². The van der Waals surface area contributed by atoms with E-state index in [2.05, 4.69) is 29.7 Å². The SMILES string of the molecule is CC(NC(=O)NCCC(C)c1ccccc1)C(=O)O. The Morgan fingerprint density at radius 1 is 1.21 bits per heavy atom. The van der Waals surface area contributed by atoms with Gasteiger partial charge in [-0.15, -0.1) is 0 Å². The topological polar surface area (TPSA) is 78.4 Å². The van der Waals surface area contributed by atoms with Gasteiger partial charge in [-0.1, -0.05) is 37.3 Å². The molecule has 0 aromatic heterocycles. The van der Waals surface area contributed by atoms with Gasteiger partial charge in [0.2, 0.25) is 0 Å². The van der Waals surface area contributed by atoms with Gasteiger partial charge >= 0.3 is 12.0 Å². The Morgan fingerprint density at radius 2 is 1.84 bits per heavy atom. The average Bonchev–Trinajstić information content (AvgIpc) is 2.39. The predicted molar refractivity (Wildman–Crippen MR) is 73.1 cm³/mol. The molecule has 0 saturated carbocycles. The van der Waals surface area contributed by atoms with Gasteiger partial charge in [0.15, 0.2) is 0 Å². The summed E-state index contributed by atoms with van der Waals surface area (Å²) in [6, 6.07) is 8.71. The van der Waals surface area contributed by atoms with Crippen LogP contribution < -0.4 is 10.6 Å². The number of aliphatic carboxylic acids is 1. The molecule has 0 fully saturated rings. The minimum absolute atomic E-state index is 0.346. The molecule has 0 heterocycles. The average molecular weight is 264 g/mol. The van der Waals surface area contributed by atoms with Gasteiger partial charge in [-0.05, 0) is 24.8 Å². The van der Waals surface area contributed by atoms with E-state index in [4.69, 9.17) is 5.11 Å². The molecule has 0 bridgehead atoms. The Morgan fingerprint density at radius 3 is 2.42 bits per heavy atom. The second-order valence-electron chi connectivity index (χ2n) is 4.56. The van der Waals surface area contributed by atoms with Crippen LogP contribution in [0.2, 0.25) is 0 Å². The number of hydrogen-bond acceptors (Lipinski definition) is 2. The molecule has 1 rings (SSSR count). The van der Waals surface area contributed by atoms with Crippen molar-refractivity contribution in [3.8, 4) is 0 Å². The van der Waals surface area contributed by atoms with Crippen LogP contribution in [0.5, 0.6) is 0 Å². The van der Waals surface area contributed by atoms with Crippen LogP contribution >= 0.6 is 0 Å². The zero-order chi connectivity index (χ0) is 14.3. The third-order valence-corrected chi connectivity index (χ3v) is 2.95. The highest BCUT2D eigenvalue weighted by Gasteiger charge is 2.13. The lowest BCUT2D eigenvalue weighted by atomic mass is 9.98. The molecule has 104 valence electrons. The summed E-state index contributed by atoms with van der Waals surface area (Å²) in [6.07, 6.45) is 0.804. The first-order valence-electron chi connectivity index (χ1n) is 6.33. The highest BCUT2D eigenvalue weighted by atomic mass is 16.4. The molecule has 5 heteroatoms. The fourth-order valence-electron chi connectivity index (χ4n) is 1.66. The maximum atomic E-state index is 11.4. The summed E-state index contributed by atoms with van der Waals surface area (Å²) in [6.45, 7) is 4.03. The van der Waals surface area contributed by atoms with Crippen molar-refractivity contribution < 1.29 is 14.7 Å². The van der Waals surface area contributed by atoms with Gasteiger partial charge in [0.1, 0.15) is 6.04 Å². The minimum atomic E-state index is -1.05. The van der Waals surface area contributed by atoms with E-state index in [1.807, 2.05) is 18.2 Å². The summed E-state index contributed by atoms with van der Waals surface area (Å²) in [7, 11) is 0. The van der Waals surface area contributed by atoms with Crippen molar-refractivity contribution in [1.82, 2.24) is 10.6 Å². The first-order chi connectivity index (χ1) is 9.00. The molecule has 19 heavy (non-hydrogen) atoms. The van der Waals surface area contributed by atoms with Gasteiger partial charge in [0.25, 0.3) is 0 Å². The molecule has 0 spiro atoms. The molecule has 5 nitrogen and oxygen atoms in total. The van der Waals surface area contributed by atoms with E-state index in [1.54, 1.807) is 0 Å². The largest absolute Gasteiger partial charge is 0.480 e. The van der Waals surface area contributed by atoms with Gasteiger partial charge in [0, 0.05) is 6.54 Å². The Hall–Kier alpha value is -2.04. The van der Waals surface area contributed by atoms with Gasteiger partial charge in [-0.25, -0.2) is 4.79 Å². The lowest BCUT2D eigenvalue weighted by molar-refractivity contribution is -0.138. The van der Waals surface area contributed by atoms with Crippen LogP contribution in [-0.4, -0.2) is 29.7 Å². The van der Waals surface area contributed by atoms with Crippen LogP contribution in [0, 0.1) is 0 Å². The first kappa shape index (κ1) is 15.0. The maximum Gasteiger partial charge on any atom is 0.325 e. The third kappa shape index (κ3) is 5.42. The third-order valence-electron chi connectivity index (χ3n) is 2.95. The quantitative estimate of drug-likeness (QED) is 0.735. The smallest absolute Gasteiger partial charge is 0.325 e. The van der Waals surface area contributed by atoms with Crippen molar-refractivity contribution in [2.75, 3.05) is 6.54 Å². The van der Waals surface area contributed by atoms with Crippen molar-refractivity contribution in [2.24, 2.45) is 0 Å². The number of carbonyl (C=O) groups excluding carboxylic acids is 1. The number of amides is 2. The first-order valence-corrected chi connectivity index (χ1v) is 6.33. The van der Waals surface area contributed by atoms with E-state index in [1.165, 1.54) is 12.5 Å². The minimum Gasteiger partial charge on any atom is -0.480 e. The Labute approximate surface area is 113 Å². The molecule has 3 N–H and O–H groups in total. The molecule has 0 aliphatic rings. The molecule has 0 aliphatic carbocycles. The molecule has 2 unspecified atom stereocenters. The molecule has 0 radical (unpaired) electrons. The second-order valence-corrected chi connectivity index (χ2v) is 4.56. The Balaban J connectivity index is 2.27. The molecule has 2 atom stereocenters. The monoisotopic (exact) mass is 264 g/mol. The highest BCUT2D eigenvalue weighted by molar-refractivity contribution is 5.82. The van der Waals surface area contributed by atoms with Crippen molar-refractivity contribution in [3.63, 3.8) is 0 Å². The predicted octanol–water partition coefficient (Wildman–Crippen LogP) is 1.95. The summed E-state index contributed by atoms with van der Waals surface area (Å²) in [5, 5.41) is 13.6. The van der Waals surface area contributed by atoms with E-state index < -0.39 is 18.0 Å². The van der Waals surface area contributed by atoms with Gasteiger partial charge < -0.3 is 15.7 Å². The normalized spacial score (nSPS) is 13.4. The Kier molecular flexibility index (Phi) is 5.85. The summed E-state index contributed by atoms with van der Waals surface area (Å²) < 4.78 is 0. The van der Waals surface area contributed by atoms with Crippen molar-refractivity contribution in [1.29, 1.82) is 0 Å². The second kappa shape index (κ2) is 7.41. The van der Waals surface area contributed by atoms with Crippen molar-refractivity contribution in [3.05, 3.63) is 35.9 Å². The number of nitrogens with one attached hydrogen (secondary N) is 2. The number of carbonyl (C=O) groups is 2. The number of rotatable bonds is 6. The van der Waals surface area contributed by atoms with Crippen LogP contribution in [-0.2, 0) is 4.79 Å². The lowest BCUT2D eigenvalue weighted by Gasteiger charge is -2.14. The standard InChI is InChI=1S/C14H20N2O3/c1-10(12-6-4-3-5-7-12)8-9-15-14(19)16-11(2)13(17)18/h3-7,10-11H,8-9H2,1-2H3,(H,17,18)(H2,15,16,19). The van der Waals surface area contributed by atoms with Crippen molar-refractivity contribution >= 4 is 12.0 Å². The van der Waals surface area contributed by atoms with E-state index in [9.17, 15) is 9.59 Å². The molecule has 1 aromatic rings. The van der Waals surface area contributed by atoms with E-state index in [0.717, 1.165) is 6.42 Å². The summed E-state index contributed by atoms with van der Waals surface area (Å²) >= 11 is 0. The number of carboxylic acid groups (broad SMARTS) is 1. The Bertz CT molecular complexity index is 420. The van der Waals surface area contributed by atoms with Gasteiger partial charge in [-0.3, -0.25) is 4.79 Å². The van der Waals surface area contributed by atoms with E-state index >= 15 is 0 Å². The van der Waals surface area contributed by atoms with Crippen LogP contribution in [0.4, 0.5) is 4.79 Å². The number of carboxylic acids is 1. The number of urea groups is 1. The molecule has 0 saturated heterocycles. The number of benzene rings is 1. The molecule has 0 aliphatic heterocycles. The summed E-state index contributed by atoms with van der Waals surface area (Å²) in [5.41, 5.74) is 1.23. The fourth-order valence-corrected chi connectivity index (χ4v) is 1.66. The molecular weight excluding hydrogens is 244 g/mol.